The average Bonchev–Trinajstić information content (AvgIpc) is 3.08. The predicted octanol–water partition coefficient (Wildman–Crippen LogP) is 7.20. The molecule has 1 aromatic heterocycles. The lowest BCUT2D eigenvalue weighted by Gasteiger charge is -2.42. The van der Waals surface area contributed by atoms with E-state index in [4.69, 9.17) is 16.4 Å². The number of halogens is 4. The van der Waals surface area contributed by atoms with Gasteiger partial charge in [-0.1, -0.05) is 67.1 Å². The SMILES string of the molecule is CCC(=O)N(NC1=CN(Cc2ccc(C(F)(F)F)nc2C)C(=O)[C@@H](c2ccc(C#N)cc2)N1c1ccc(Cl)cc1)OCc1ccccc1. The molecule has 0 bridgehead atoms. The number of amides is 2. The molecule has 9 nitrogen and oxygen atoms in total. The van der Waals surface area contributed by atoms with E-state index in [0.717, 1.165) is 16.8 Å². The molecule has 2 amide bonds. The minimum Gasteiger partial charge on any atom is -0.309 e. The molecule has 0 unspecified atom stereocenters. The van der Waals surface area contributed by atoms with Gasteiger partial charge < -0.3 is 9.80 Å². The fourth-order valence-electron chi connectivity index (χ4n) is 5.03. The number of carbonyl (C=O) groups is 2. The summed E-state index contributed by atoms with van der Waals surface area (Å²) >= 11 is 6.21. The van der Waals surface area contributed by atoms with Crippen molar-refractivity contribution in [1.82, 2.24) is 20.5 Å². The van der Waals surface area contributed by atoms with E-state index in [-0.39, 0.29) is 31.1 Å². The van der Waals surface area contributed by atoms with Gasteiger partial charge in [0.1, 0.15) is 24.2 Å². The van der Waals surface area contributed by atoms with Gasteiger partial charge in [-0.2, -0.15) is 18.4 Å². The van der Waals surface area contributed by atoms with Crippen molar-refractivity contribution in [1.29, 1.82) is 5.26 Å². The van der Waals surface area contributed by atoms with E-state index in [1.807, 2.05) is 30.3 Å². The molecule has 0 spiro atoms. The Morgan fingerprint density at radius 1 is 1.04 bits per heavy atom. The summed E-state index contributed by atoms with van der Waals surface area (Å²) in [7, 11) is 0. The number of hydrazine groups is 1. The molecule has 48 heavy (non-hydrogen) atoms. The minimum absolute atomic E-state index is 0.0475. The molecular weight excluding hydrogens is 645 g/mol. The van der Waals surface area contributed by atoms with Crippen molar-refractivity contribution in [2.75, 3.05) is 4.90 Å². The van der Waals surface area contributed by atoms with E-state index in [9.17, 15) is 28.0 Å². The van der Waals surface area contributed by atoms with Gasteiger partial charge in [0.05, 0.1) is 18.2 Å². The van der Waals surface area contributed by atoms with Gasteiger partial charge in [-0.25, -0.2) is 9.82 Å². The van der Waals surface area contributed by atoms with Gasteiger partial charge in [-0.15, -0.1) is 5.17 Å². The number of pyridine rings is 1. The van der Waals surface area contributed by atoms with Crippen molar-refractivity contribution in [3.05, 3.63) is 142 Å². The first-order chi connectivity index (χ1) is 23.0. The smallest absolute Gasteiger partial charge is 0.309 e. The van der Waals surface area contributed by atoms with E-state index in [0.29, 0.717) is 27.4 Å². The third kappa shape index (κ3) is 7.76. The molecule has 5 rings (SSSR count). The number of aryl methyl sites for hydroxylation is 1. The van der Waals surface area contributed by atoms with E-state index in [1.54, 1.807) is 60.4 Å². The van der Waals surface area contributed by atoms with Crippen LogP contribution in [-0.2, 0) is 33.8 Å². The first kappa shape index (κ1) is 34.0. The molecule has 1 atom stereocenters. The highest BCUT2D eigenvalue weighted by Crippen LogP contribution is 2.37. The second-order valence-corrected chi connectivity index (χ2v) is 11.3. The van der Waals surface area contributed by atoms with Crippen LogP contribution in [0.2, 0.25) is 5.02 Å². The van der Waals surface area contributed by atoms with Crippen molar-refractivity contribution in [3.8, 4) is 6.07 Å². The zero-order chi connectivity index (χ0) is 34.4. The van der Waals surface area contributed by atoms with Crippen molar-refractivity contribution in [3.63, 3.8) is 0 Å². The largest absolute Gasteiger partial charge is 0.433 e. The summed E-state index contributed by atoms with van der Waals surface area (Å²) in [6, 6.07) is 25.6. The Morgan fingerprint density at radius 2 is 1.73 bits per heavy atom. The Bertz CT molecular complexity index is 1850. The lowest BCUT2D eigenvalue weighted by Crippen LogP contribution is -2.53. The average molecular weight is 675 g/mol. The highest BCUT2D eigenvalue weighted by Gasteiger charge is 2.39. The van der Waals surface area contributed by atoms with Crippen LogP contribution in [0.15, 0.2) is 103 Å². The molecule has 1 aliphatic heterocycles. The summed E-state index contributed by atoms with van der Waals surface area (Å²) in [5, 5.41) is 10.9. The quantitative estimate of drug-likeness (QED) is 0.178. The van der Waals surface area contributed by atoms with Crippen LogP contribution in [0.5, 0.6) is 0 Å². The van der Waals surface area contributed by atoms with Gasteiger partial charge in [0, 0.05) is 29.0 Å². The Kier molecular flexibility index (Phi) is 10.3. The Morgan fingerprint density at radius 3 is 2.33 bits per heavy atom. The number of nitrogens with one attached hydrogen (secondary N) is 1. The maximum absolute atomic E-state index is 14.4. The van der Waals surface area contributed by atoms with E-state index in [1.165, 1.54) is 24.1 Å². The summed E-state index contributed by atoms with van der Waals surface area (Å²) < 4.78 is 40.1. The van der Waals surface area contributed by atoms with Gasteiger partial charge in [0.25, 0.3) is 11.8 Å². The van der Waals surface area contributed by atoms with Crippen molar-refractivity contribution < 1.29 is 27.6 Å². The monoisotopic (exact) mass is 674 g/mol. The number of hydroxylamine groups is 1. The second-order valence-electron chi connectivity index (χ2n) is 10.8. The molecule has 3 aromatic carbocycles. The number of alkyl halides is 3. The highest BCUT2D eigenvalue weighted by molar-refractivity contribution is 6.30. The molecule has 4 aromatic rings. The number of rotatable bonds is 10. The number of hydrogen-bond donors (Lipinski definition) is 1. The fourth-order valence-corrected chi connectivity index (χ4v) is 5.16. The van der Waals surface area contributed by atoms with Crippen molar-refractivity contribution in [2.45, 2.75) is 45.6 Å². The summed E-state index contributed by atoms with van der Waals surface area (Å²) in [6.07, 6.45) is -3.08. The summed E-state index contributed by atoms with van der Waals surface area (Å²) in [4.78, 5) is 40.3. The molecule has 1 N–H and O–H groups in total. The molecule has 0 aliphatic carbocycles. The zero-order valence-electron chi connectivity index (χ0n) is 25.9. The summed E-state index contributed by atoms with van der Waals surface area (Å²) in [5.41, 5.74) is 4.71. The molecule has 0 radical (unpaired) electrons. The molecule has 0 saturated carbocycles. The summed E-state index contributed by atoms with van der Waals surface area (Å²) in [6.45, 7) is 3.03. The molecular formula is C35H30ClF3N6O3. The maximum Gasteiger partial charge on any atom is 0.433 e. The third-order valence-corrected chi connectivity index (χ3v) is 7.80. The number of nitrogens with zero attached hydrogens (tertiary/aromatic N) is 5. The first-order valence-corrected chi connectivity index (χ1v) is 15.2. The Labute approximate surface area is 280 Å². The predicted molar refractivity (Wildman–Crippen MR) is 172 cm³/mol. The second kappa shape index (κ2) is 14.6. The topological polar surface area (TPSA) is 102 Å². The van der Waals surface area contributed by atoms with Crippen LogP contribution in [0, 0.1) is 18.3 Å². The van der Waals surface area contributed by atoms with Crippen molar-refractivity contribution >= 4 is 29.1 Å². The number of aromatic nitrogens is 1. The molecule has 0 fully saturated rings. The number of benzene rings is 3. The lowest BCUT2D eigenvalue weighted by molar-refractivity contribution is -0.208. The molecule has 1 aliphatic rings. The van der Waals surface area contributed by atoms with Gasteiger partial charge >= 0.3 is 6.18 Å². The number of hydrogen-bond acceptors (Lipinski definition) is 7. The van der Waals surface area contributed by atoms with Gasteiger partial charge in [-0.05, 0) is 66.1 Å². The lowest BCUT2D eigenvalue weighted by atomic mass is 9.99. The van der Waals surface area contributed by atoms with Gasteiger partial charge in [0.15, 0.2) is 0 Å². The Hall–Kier alpha value is -5.38. The maximum atomic E-state index is 14.4. The number of nitriles is 1. The minimum atomic E-state index is -4.63. The standard InChI is InChI=1S/C35H30ClF3N6O3/c1-3-32(46)45(48-22-25-7-5-4-6-8-25)42-31-21-43(20-27-13-18-30(35(37,38)39)41-23(27)2)34(47)33(26-11-9-24(19-40)10-12-26)44(31)29-16-14-28(36)15-17-29/h4-18,21,33,42H,3,20,22H2,1-2H3/t33-/m1/s1. The van der Waals surface area contributed by atoms with E-state index >= 15 is 0 Å². The zero-order valence-corrected chi connectivity index (χ0v) is 26.7. The van der Waals surface area contributed by atoms with E-state index < -0.39 is 29.7 Å². The molecule has 0 saturated heterocycles. The van der Waals surface area contributed by atoms with E-state index in [2.05, 4.69) is 16.5 Å². The third-order valence-electron chi connectivity index (χ3n) is 7.55. The van der Waals surface area contributed by atoms with Gasteiger partial charge in [0.2, 0.25) is 0 Å². The van der Waals surface area contributed by atoms with Crippen LogP contribution in [0.4, 0.5) is 18.9 Å². The van der Waals surface area contributed by atoms with Crippen molar-refractivity contribution in [2.24, 2.45) is 0 Å². The van der Waals surface area contributed by atoms with Crippen LogP contribution >= 0.6 is 11.6 Å². The Balaban J connectivity index is 1.62. The number of anilines is 1. The fraction of sp³-hybridized carbons (Fsp3) is 0.200. The summed E-state index contributed by atoms with van der Waals surface area (Å²) in [5.74, 6) is -0.610. The van der Waals surface area contributed by atoms with Crippen LogP contribution < -0.4 is 10.3 Å². The molecule has 2 heterocycles. The van der Waals surface area contributed by atoms with Crippen LogP contribution in [0.3, 0.4) is 0 Å². The first-order valence-electron chi connectivity index (χ1n) is 14.9. The van der Waals surface area contributed by atoms with Crippen LogP contribution in [0.25, 0.3) is 0 Å². The highest BCUT2D eigenvalue weighted by atomic mass is 35.5. The van der Waals surface area contributed by atoms with Crippen LogP contribution in [-0.4, -0.2) is 26.9 Å². The van der Waals surface area contributed by atoms with Crippen LogP contribution in [0.1, 0.15) is 53.0 Å². The normalized spacial score (nSPS) is 14.7. The molecule has 13 heteroatoms. The van der Waals surface area contributed by atoms with Gasteiger partial charge in [-0.3, -0.25) is 15.0 Å². The number of carbonyl (C=O) groups excluding carboxylic acids is 2. The molecule has 246 valence electrons.